The molecular weight excluding hydrogens is 329 g/mol. The molecule has 5 nitrogen and oxygen atoms in total. The highest BCUT2D eigenvalue weighted by molar-refractivity contribution is 7.83. The molecule has 1 amide bonds. The zero-order chi connectivity index (χ0) is 17.3. The monoisotopic (exact) mass is 349 g/mol. The molecule has 0 spiro atoms. The van der Waals surface area contributed by atoms with Gasteiger partial charge in [-0.05, 0) is 37.1 Å². The van der Waals surface area contributed by atoms with Gasteiger partial charge in [0, 0.05) is 22.3 Å². The molecule has 0 aliphatic carbocycles. The Hall–Kier alpha value is -2.02. The van der Waals surface area contributed by atoms with Crippen LogP contribution in [-0.2, 0) is 27.1 Å². The molecule has 1 aromatic carbocycles. The van der Waals surface area contributed by atoms with E-state index in [0.717, 1.165) is 24.1 Å². The molecule has 1 atom stereocenters. The Morgan fingerprint density at radius 3 is 2.58 bits per heavy atom. The minimum absolute atomic E-state index is 0.0660. The van der Waals surface area contributed by atoms with Gasteiger partial charge in [0.15, 0.2) is 0 Å². The summed E-state index contributed by atoms with van der Waals surface area (Å²) < 4.78 is 26.6. The SMILES string of the molecule is CCC(CC)C(=O)Nc1c2c(nn1-c1ccc(F)cc1)CS(=O)C2. The highest BCUT2D eigenvalue weighted by atomic mass is 32.2. The van der Waals surface area contributed by atoms with Crippen LogP contribution in [0.3, 0.4) is 0 Å². The van der Waals surface area contributed by atoms with Gasteiger partial charge in [0.1, 0.15) is 11.6 Å². The third kappa shape index (κ3) is 3.13. The molecule has 0 fully saturated rings. The average Bonchev–Trinajstić information content (AvgIpc) is 3.07. The van der Waals surface area contributed by atoms with Crippen LogP contribution in [0.2, 0.25) is 0 Å². The van der Waals surface area contributed by atoms with E-state index in [1.54, 1.807) is 16.8 Å². The average molecular weight is 349 g/mol. The lowest BCUT2D eigenvalue weighted by atomic mass is 10.0. The van der Waals surface area contributed by atoms with Crippen molar-refractivity contribution in [3.8, 4) is 5.69 Å². The van der Waals surface area contributed by atoms with Gasteiger partial charge < -0.3 is 5.32 Å². The number of anilines is 1. The van der Waals surface area contributed by atoms with E-state index in [9.17, 15) is 13.4 Å². The smallest absolute Gasteiger partial charge is 0.228 e. The minimum Gasteiger partial charge on any atom is -0.310 e. The first-order valence-electron chi connectivity index (χ1n) is 8.06. The predicted octanol–water partition coefficient (Wildman–Crippen LogP) is 3.15. The van der Waals surface area contributed by atoms with E-state index < -0.39 is 10.8 Å². The summed E-state index contributed by atoms with van der Waals surface area (Å²) >= 11 is 0. The Morgan fingerprint density at radius 2 is 1.96 bits per heavy atom. The lowest BCUT2D eigenvalue weighted by Crippen LogP contribution is -2.24. The molecular formula is C17H20FN3O2S. The van der Waals surface area contributed by atoms with Crippen LogP contribution in [0.4, 0.5) is 10.2 Å². The van der Waals surface area contributed by atoms with Crippen LogP contribution in [-0.4, -0.2) is 19.9 Å². The normalized spacial score (nSPS) is 16.4. The molecule has 0 bridgehead atoms. The number of carbonyl (C=O) groups excluding carboxylic acids is 1. The number of hydrogen-bond donors (Lipinski definition) is 1. The van der Waals surface area contributed by atoms with Gasteiger partial charge in [0.2, 0.25) is 5.91 Å². The third-order valence-electron chi connectivity index (χ3n) is 4.34. The number of hydrogen-bond acceptors (Lipinski definition) is 3. The lowest BCUT2D eigenvalue weighted by Gasteiger charge is -2.15. The second-order valence-electron chi connectivity index (χ2n) is 5.89. The second kappa shape index (κ2) is 6.84. The summed E-state index contributed by atoms with van der Waals surface area (Å²) in [4.78, 5) is 12.5. The van der Waals surface area contributed by atoms with Gasteiger partial charge in [0.25, 0.3) is 0 Å². The van der Waals surface area contributed by atoms with Gasteiger partial charge in [-0.3, -0.25) is 9.00 Å². The van der Waals surface area contributed by atoms with E-state index in [1.807, 2.05) is 13.8 Å². The minimum atomic E-state index is -0.983. The molecule has 7 heteroatoms. The maximum atomic E-state index is 13.2. The standard InChI is InChI=1S/C17H20FN3O2S/c1-3-11(4-2)17(22)19-16-14-9-24(23)10-15(14)20-21(16)13-7-5-12(18)6-8-13/h5-8,11H,3-4,9-10H2,1-2H3,(H,19,22). The van der Waals surface area contributed by atoms with Crippen LogP contribution in [0.25, 0.3) is 5.69 Å². The zero-order valence-corrected chi connectivity index (χ0v) is 14.5. The van der Waals surface area contributed by atoms with Gasteiger partial charge in [-0.25, -0.2) is 9.07 Å². The highest BCUT2D eigenvalue weighted by Gasteiger charge is 2.29. The Labute approximate surface area is 142 Å². The molecule has 0 saturated carbocycles. The summed E-state index contributed by atoms with van der Waals surface area (Å²) in [6, 6.07) is 5.93. The van der Waals surface area contributed by atoms with Gasteiger partial charge in [-0.1, -0.05) is 13.8 Å². The Kier molecular flexibility index (Phi) is 4.80. The third-order valence-corrected chi connectivity index (χ3v) is 5.54. The van der Waals surface area contributed by atoms with Crippen LogP contribution in [0, 0.1) is 11.7 Å². The zero-order valence-electron chi connectivity index (χ0n) is 13.7. The van der Waals surface area contributed by atoms with E-state index in [4.69, 9.17) is 0 Å². The van der Waals surface area contributed by atoms with Crippen molar-refractivity contribution < 1.29 is 13.4 Å². The summed E-state index contributed by atoms with van der Waals surface area (Å²) in [7, 11) is -0.983. The Morgan fingerprint density at radius 1 is 1.29 bits per heavy atom. The highest BCUT2D eigenvalue weighted by Crippen LogP contribution is 2.31. The lowest BCUT2D eigenvalue weighted by molar-refractivity contribution is -0.120. The fourth-order valence-corrected chi connectivity index (χ4v) is 4.17. The molecule has 1 aliphatic heterocycles. The molecule has 3 rings (SSSR count). The number of carbonyl (C=O) groups is 1. The molecule has 1 aromatic heterocycles. The van der Waals surface area contributed by atoms with Gasteiger partial charge >= 0.3 is 0 Å². The molecule has 128 valence electrons. The van der Waals surface area contributed by atoms with Crippen LogP contribution < -0.4 is 5.32 Å². The molecule has 2 heterocycles. The number of halogens is 1. The number of aromatic nitrogens is 2. The van der Waals surface area contributed by atoms with Crippen LogP contribution in [0.1, 0.15) is 37.9 Å². The first-order chi connectivity index (χ1) is 11.5. The van der Waals surface area contributed by atoms with Gasteiger partial charge in [-0.2, -0.15) is 5.10 Å². The van der Waals surface area contributed by atoms with Crippen LogP contribution in [0.5, 0.6) is 0 Å². The quantitative estimate of drug-likeness (QED) is 0.902. The summed E-state index contributed by atoms with van der Waals surface area (Å²) in [5.74, 6) is 0.848. The van der Waals surface area contributed by atoms with Crippen LogP contribution in [0.15, 0.2) is 24.3 Å². The van der Waals surface area contributed by atoms with Crippen molar-refractivity contribution in [3.63, 3.8) is 0 Å². The van der Waals surface area contributed by atoms with Crippen molar-refractivity contribution in [3.05, 3.63) is 41.3 Å². The van der Waals surface area contributed by atoms with Gasteiger partial charge in [0.05, 0.1) is 22.9 Å². The molecule has 2 aromatic rings. The number of rotatable bonds is 5. The number of benzene rings is 1. The number of nitrogens with zero attached hydrogens (tertiary/aromatic N) is 2. The number of nitrogens with one attached hydrogen (secondary N) is 1. The second-order valence-corrected chi connectivity index (χ2v) is 7.35. The molecule has 1 N–H and O–H groups in total. The molecule has 24 heavy (non-hydrogen) atoms. The summed E-state index contributed by atoms with van der Waals surface area (Å²) in [6.45, 7) is 3.95. The fourth-order valence-electron chi connectivity index (χ4n) is 2.90. The van der Waals surface area contributed by atoms with Crippen molar-refractivity contribution in [2.45, 2.75) is 38.2 Å². The Balaban J connectivity index is 2.01. The first-order valence-corrected chi connectivity index (χ1v) is 9.54. The number of amides is 1. The Bertz CT molecular complexity index is 782. The largest absolute Gasteiger partial charge is 0.310 e. The maximum Gasteiger partial charge on any atom is 0.228 e. The van der Waals surface area contributed by atoms with E-state index >= 15 is 0 Å². The van der Waals surface area contributed by atoms with Crippen molar-refractivity contribution in [1.29, 1.82) is 0 Å². The van der Waals surface area contributed by atoms with Crippen molar-refractivity contribution in [2.24, 2.45) is 5.92 Å². The fraction of sp³-hybridized carbons (Fsp3) is 0.412. The van der Waals surface area contributed by atoms with Crippen LogP contribution >= 0.6 is 0 Å². The topological polar surface area (TPSA) is 64.0 Å². The van der Waals surface area contributed by atoms with E-state index in [0.29, 0.717) is 23.0 Å². The first kappa shape index (κ1) is 16.8. The molecule has 1 aliphatic rings. The summed E-state index contributed by atoms with van der Waals surface area (Å²) in [6.07, 6.45) is 1.50. The van der Waals surface area contributed by atoms with Crippen molar-refractivity contribution >= 4 is 22.5 Å². The van der Waals surface area contributed by atoms with Crippen molar-refractivity contribution in [1.82, 2.24) is 9.78 Å². The summed E-state index contributed by atoms with van der Waals surface area (Å²) in [5.41, 5.74) is 2.21. The van der Waals surface area contributed by atoms with E-state index in [2.05, 4.69) is 10.4 Å². The van der Waals surface area contributed by atoms with Crippen molar-refractivity contribution in [2.75, 3.05) is 5.32 Å². The van der Waals surface area contributed by atoms with E-state index in [-0.39, 0.29) is 17.6 Å². The van der Waals surface area contributed by atoms with E-state index in [1.165, 1.54) is 12.1 Å². The maximum absolute atomic E-state index is 13.2. The van der Waals surface area contributed by atoms with Gasteiger partial charge in [-0.15, -0.1) is 0 Å². The predicted molar refractivity (Wildman–Crippen MR) is 91.8 cm³/mol. The molecule has 1 unspecified atom stereocenters. The number of fused-ring (bicyclic) bond motifs is 1. The summed E-state index contributed by atoms with van der Waals surface area (Å²) in [5, 5.41) is 7.45. The molecule has 0 radical (unpaired) electrons. The molecule has 0 saturated heterocycles.